The molecule has 2 rings (SSSR count). The lowest BCUT2D eigenvalue weighted by Gasteiger charge is -2.56. The summed E-state index contributed by atoms with van der Waals surface area (Å²) in [5, 5.41) is 0. The second-order valence-electron chi connectivity index (χ2n) is 9.38. The molecule has 2 fully saturated rings. The van der Waals surface area contributed by atoms with Crippen LogP contribution in [-0.2, 0) is 22.8 Å². The zero-order valence-electron chi connectivity index (χ0n) is 17.7. The molecular formula is C19H34O8P2. The van der Waals surface area contributed by atoms with Crippen molar-refractivity contribution in [2.45, 2.75) is 72.6 Å². The van der Waals surface area contributed by atoms with Gasteiger partial charge in [0.25, 0.3) is 0 Å². The molecule has 0 radical (unpaired) electrons. The van der Waals surface area contributed by atoms with E-state index >= 15 is 0 Å². The molecule has 0 amide bonds. The van der Waals surface area contributed by atoms with E-state index in [0.717, 1.165) is 31.3 Å². The fraction of sp³-hybridized carbons (Fsp3) is 0.842. The molecule has 29 heavy (non-hydrogen) atoms. The van der Waals surface area contributed by atoms with Crippen molar-refractivity contribution in [2.24, 2.45) is 22.7 Å². The van der Waals surface area contributed by atoms with Gasteiger partial charge in [-0.25, -0.2) is 9.13 Å². The summed E-state index contributed by atoms with van der Waals surface area (Å²) >= 11 is 0. The van der Waals surface area contributed by atoms with Gasteiger partial charge in [-0.3, -0.25) is 9.32 Å². The van der Waals surface area contributed by atoms with Crippen molar-refractivity contribution >= 4 is 21.4 Å². The molecule has 0 aliphatic heterocycles. The summed E-state index contributed by atoms with van der Waals surface area (Å²) in [6.07, 6.45) is 7.94. The number of carbonyl (C=O) groups excluding carboxylic acids is 1. The highest BCUT2D eigenvalue weighted by molar-refractivity contribution is 7.60. The van der Waals surface area contributed by atoms with Gasteiger partial charge in [0, 0.05) is 12.3 Å². The van der Waals surface area contributed by atoms with Gasteiger partial charge in [-0.2, -0.15) is 4.31 Å². The first kappa shape index (κ1) is 24.9. The minimum absolute atomic E-state index is 0.00587. The fourth-order valence-corrected chi connectivity index (χ4v) is 7.06. The zero-order chi connectivity index (χ0) is 22.1. The van der Waals surface area contributed by atoms with Crippen LogP contribution in [0.2, 0.25) is 0 Å². The Bertz CT molecular complexity index is 740. The first-order valence-corrected chi connectivity index (χ1v) is 13.1. The maximum Gasteiger partial charge on any atom is 0.481 e. The molecule has 0 aromatic carbocycles. The summed E-state index contributed by atoms with van der Waals surface area (Å²) in [5.74, 6) is 0.872. The molecule has 2 aliphatic rings. The Morgan fingerprint density at radius 2 is 1.86 bits per heavy atom. The number of ketones is 1. The first-order valence-electron chi connectivity index (χ1n) is 10.1. The third-order valence-electron chi connectivity index (χ3n) is 6.85. The minimum atomic E-state index is -5.12. The highest BCUT2D eigenvalue weighted by atomic mass is 31.3. The Labute approximate surface area is 172 Å². The van der Waals surface area contributed by atoms with E-state index in [1.54, 1.807) is 6.08 Å². The monoisotopic (exact) mass is 452 g/mol. The number of phosphoric ester groups is 1. The standard InChI is InChI=1S/C19H34O8P2/c1-14(10-13-26-29(24,25)27-28(21,22)23)6-7-15-16(20)8-9-17-18(2,3)11-5-12-19(15,17)4/h10,15,17H,5-9,11-13H2,1-4H3,(H,24,25)(H2,21,22,23)/b14-10+/t15-,17?,19+/m0/s1. The molecule has 0 aromatic heterocycles. The van der Waals surface area contributed by atoms with Crippen LogP contribution < -0.4 is 0 Å². The van der Waals surface area contributed by atoms with E-state index in [-0.39, 0.29) is 23.4 Å². The van der Waals surface area contributed by atoms with Crippen LogP contribution in [0, 0.1) is 22.7 Å². The summed E-state index contributed by atoms with van der Waals surface area (Å²) < 4.78 is 30.4. The Hall–Kier alpha value is -0.330. The molecule has 168 valence electrons. The lowest BCUT2D eigenvalue weighted by molar-refractivity contribution is -0.143. The number of Topliss-reactive ketones (excluding diaryl/α,β-unsaturated/α-hetero) is 1. The van der Waals surface area contributed by atoms with Crippen molar-refractivity contribution in [1.29, 1.82) is 0 Å². The second-order valence-corrected chi connectivity index (χ2v) is 12.2. The summed E-state index contributed by atoms with van der Waals surface area (Å²) in [6.45, 7) is 8.43. The lowest BCUT2D eigenvalue weighted by atomic mass is 9.47. The van der Waals surface area contributed by atoms with E-state index in [1.165, 1.54) is 6.42 Å². The van der Waals surface area contributed by atoms with Gasteiger partial charge in [0.15, 0.2) is 0 Å². The van der Waals surface area contributed by atoms with E-state index in [9.17, 15) is 18.8 Å². The Morgan fingerprint density at radius 3 is 2.48 bits per heavy atom. The van der Waals surface area contributed by atoms with Gasteiger partial charge in [0.05, 0.1) is 6.61 Å². The van der Waals surface area contributed by atoms with Crippen LogP contribution in [0.3, 0.4) is 0 Å². The van der Waals surface area contributed by atoms with Crippen molar-refractivity contribution in [1.82, 2.24) is 0 Å². The molecule has 0 spiro atoms. The van der Waals surface area contributed by atoms with Gasteiger partial charge < -0.3 is 14.7 Å². The van der Waals surface area contributed by atoms with Gasteiger partial charge >= 0.3 is 15.6 Å². The van der Waals surface area contributed by atoms with Crippen LogP contribution in [0.1, 0.15) is 72.6 Å². The average Bonchev–Trinajstić information content (AvgIpc) is 2.50. The molecule has 0 saturated heterocycles. The molecule has 10 heteroatoms. The maximum atomic E-state index is 12.8. The Kier molecular flexibility index (Phi) is 7.77. The molecular weight excluding hydrogens is 418 g/mol. The number of allylic oxidation sites excluding steroid dienone is 1. The lowest BCUT2D eigenvalue weighted by Crippen LogP contribution is -2.51. The van der Waals surface area contributed by atoms with Crippen LogP contribution >= 0.6 is 15.6 Å². The van der Waals surface area contributed by atoms with E-state index in [4.69, 9.17) is 9.79 Å². The van der Waals surface area contributed by atoms with E-state index < -0.39 is 15.6 Å². The molecule has 3 N–H and O–H groups in total. The number of hydrogen-bond donors (Lipinski definition) is 3. The summed E-state index contributed by atoms with van der Waals surface area (Å²) in [5.41, 5.74) is 1.13. The normalized spacial score (nSPS) is 32.5. The third-order valence-corrected chi connectivity index (χ3v) is 9.00. The quantitative estimate of drug-likeness (QED) is 0.355. The number of hydrogen-bond acceptors (Lipinski definition) is 5. The molecule has 0 bridgehead atoms. The molecule has 0 aromatic rings. The fourth-order valence-electron chi connectivity index (χ4n) is 5.53. The Balaban J connectivity index is 1.97. The van der Waals surface area contributed by atoms with Crippen molar-refractivity contribution in [3.05, 3.63) is 11.6 Å². The average molecular weight is 452 g/mol. The summed E-state index contributed by atoms with van der Waals surface area (Å²) in [4.78, 5) is 39.2. The predicted octanol–water partition coefficient (Wildman–Crippen LogP) is 4.75. The molecule has 0 heterocycles. The predicted molar refractivity (Wildman–Crippen MR) is 109 cm³/mol. The van der Waals surface area contributed by atoms with Crippen molar-refractivity contribution in [3.8, 4) is 0 Å². The second kappa shape index (κ2) is 9.04. The van der Waals surface area contributed by atoms with Gasteiger partial charge in [0.1, 0.15) is 5.78 Å². The van der Waals surface area contributed by atoms with Crippen molar-refractivity contribution < 1.29 is 37.4 Å². The van der Waals surface area contributed by atoms with E-state index in [0.29, 0.717) is 24.5 Å². The van der Waals surface area contributed by atoms with Gasteiger partial charge in [-0.05, 0) is 55.8 Å². The van der Waals surface area contributed by atoms with E-state index in [1.807, 2.05) is 6.92 Å². The SMILES string of the molecule is C/C(=C\COP(=O)(O)OP(=O)(O)O)CC[C@H]1C(=O)CCC2C(C)(C)CCC[C@@]21C. The van der Waals surface area contributed by atoms with Gasteiger partial charge in [0.2, 0.25) is 0 Å². The Morgan fingerprint density at radius 1 is 1.21 bits per heavy atom. The van der Waals surface area contributed by atoms with Gasteiger partial charge in [-0.1, -0.05) is 38.8 Å². The highest BCUT2D eigenvalue weighted by Gasteiger charge is 2.54. The summed E-state index contributed by atoms with van der Waals surface area (Å²) in [6, 6.07) is 0. The number of phosphoric acid groups is 2. The number of carbonyl (C=O) groups is 1. The smallest absolute Gasteiger partial charge is 0.302 e. The minimum Gasteiger partial charge on any atom is -0.302 e. The topological polar surface area (TPSA) is 130 Å². The zero-order valence-corrected chi connectivity index (χ0v) is 19.5. The molecule has 2 unspecified atom stereocenters. The van der Waals surface area contributed by atoms with Crippen LogP contribution in [0.5, 0.6) is 0 Å². The van der Waals surface area contributed by atoms with Crippen molar-refractivity contribution in [3.63, 3.8) is 0 Å². The van der Waals surface area contributed by atoms with Gasteiger partial charge in [-0.15, -0.1) is 0 Å². The van der Waals surface area contributed by atoms with E-state index in [2.05, 4.69) is 29.6 Å². The van der Waals surface area contributed by atoms with Crippen molar-refractivity contribution in [2.75, 3.05) is 6.61 Å². The maximum absolute atomic E-state index is 12.8. The summed E-state index contributed by atoms with van der Waals surface area (Å²) in [7, 11) is -9.95. The molecule has 2 aliphatic carbocycles. The molecule has 4 atom stereocenters. The number of fused-ring (bicyclic) bond motifs is 1. The number of rotatable bonds is 8. The van der Waals surface area contributed by atoms with Crippen LogP contribution in [0.25, 0.3) is 0 Å². The van der Waals surface area contributed by atoms with Crippen LogP contribution in [0.4, 0.5) is 0 Å². The first-order chi connectivity index (χ1) is 13.2. The van der Waals surface area contributed by atoms with Crippen LogP contribution in [0.15, 0.2) is 11.6 Å². The molecule has 8 nitrogen and oxygen atoms in total. The third kappa shape index (κ3) is 6.57. The highest BCUT2D eigenvalue weighted by Crippen LogP contribution is 2.60. The largest absolute Gasteiger partial charge is 0.481 e. The molecule has 2 saturated carbocycles. The van der Waals surface area contributed by atoms with Crippen LogP contribution in [-0.4, -0.2) is 27.1 Å².